The highest BCUT2D eigenvalue weighted by Gasteiger charge is 2.12. The molecule has 0 saturated carbocycles. The summed E-state index contributed by atoms with van der Waals surface area (Å²) >= 11 is 1.71. The Morgan fingerprint density at radius 3 is 2.59 bits per heavy atom. The lowest BCUT2D eigenvalue weighted by molar-refractivity contribution is 0.563. The number of hydrogen-bond donors (Lipinski definition) is 0. The molecular formula is C14H12O2S. The molecule has 0 saturated heterocycles. The minimum Gasteiger partial charge on any atom is -0.422 e. The van der Waals surface area contributed by atoms with Crippen LogP contribution in [0.2, 0.25) is 0 Å². The summed E-state index contributed by atoms with van der Waals surface area (Å²) in [5.74, 6) is 0. The number of fused-ring (bicyclic) bond motifs is 3. The molecule has 0 radical (unpaired) electrons. The third-order valence-corrected chi connectivity index (χ3v) is 4.36. The van der Waals surface area contributed by atoms with E-state index in [9.17, 15) is 4.79 Å². The van der Waals surface area contributed by atoms with Crippen molar-refractivity contribution in [2.45, 2.75) is 20.8 Å². The summed E-state index contributed by atoms with van der Waals surface area (Å²) in [7, 11) is 0. The van der Waals surface area contributed by atoms with Crippen LogP contribution in [0.5, 0.6) is 0 Å². The van der Waals surface area contributed by atoms with Gasteiger partial charge in [-0.2, -0.15) is 0 Å². The Labute approximate surface area is 102 Å². The van der Waals surface area contributed by atoms with Crippen molar-refractivity contribution < 1.29 is 4.42 Å². The topological polar surface area (TPSA) is 30.2 Å². The molecule has 3 rings (SSSR count). The van der Waals surface area contributed by atoms with Gasteiger partial charge in [0.2, 0.25) is 0 Å². The Hall–Kier alpha value is -1.61. The molecule has 2 heterocycles. The van der Waals surface area contributed by atoms with Crippen LogP contribution in [0.15, 0.2) is 26.7 Å². The molecule has 0 N–H and O–H groups in total. The van der Waals surface area contributed by atoms with Gasteiger partial charge in [0.15, 0.2) is 0 Å². The summed E-state index contributed by atoms with van der Waals surface area (Å²) in [6.45, 7) is 6.11. The first-order valence-corrected chi connectivity index (χ1v) is 6.38. The van der Waals surface area contributed by atoms with E-state index in [4.69, 9.17) is 4.42 Å². The Balaban J connectivity index is 2.71. The Morgan fingerprint density at radius 1 is 1.06 bits per heavy atom. The van der Waals surface area contributed by atoms with Crippen LogP contribution >= 0.6 is 11.3 Å². The summed E-state index contributed by atoms with van der Waals surface area (Å²) in [6, 6.07) is 3.65. The smallest absolute Gasteiger partial charge is 0.336 e. The fourth-order valence-corrected chi connectivity index (χ4v) is 3.31. The van der Waals surface area contributed by atoms with E-state index in [-0.39, 0.29) is 5.63 Å². The van der Waals surface area contributed by atoms with E-state index in [1.165, 1.54) is 15.8 Å². The molecule has 0 fully saturated rings. The van der Waals surface area contributed by atoms with Crippen LogP contribution in [-0.2, 0) is 0 Å². The van der Waals surface area contributed by atoms with Crippen LogP contribution in [0.1, 0.15) is 16.7 Å². The van der Waals surface area contributed by atoms with Crippen molar-refractivity contribution in [2.24, 2.45) is 0 Å². The zero-order chi connectivity index (χ0) is 12.2. The minimum atomic E-state index is -0.272. The van der Waals surface area contributed by atoms with Gasteiger partial charge in [-0.1, -0.05) is 0 Å². The Morgan fingerprint density at radius 2 is 1.82 bits per heavy atom. The molecular weight excluding hydrogens is 232 g/mol. The molecule has 1 aromatic carbocycles. The molecule has 0 spiro atoms. The second kappa shape index (κ2) is 3.44. The molecule has 0 aliphatic heterocycles. The lowest BCUT2D eigenvalue weighted by Crippen LogP contribution is -1.98. The maximum atomic E-state index is 11.5. The number of hydrogen-bond acceptors (Lipinski definition) is 3. The molecule has 0 aliphatic carbocycles. The lowest BCUT2D eigenvalue weighted by Gasteiger charge is -2.05. The van der Waals surface area contributed by atoms with Gasteiger partial charge in [0.05, 0.1) is 0 Å². The number of rotatable bonds is 0. The highest BCUT2D eigenvalue weighted by Crippen LogP contribution is 2.35. The SMILES string of the molecule is Cc1cc(=O)oc2c1cc(C)c1scc(C)c12. The van der Waals surface area contributed by atoms with Gasteiger partial charge in [-0.05, 0) is 48.9 Å². The summed E-state index contributed by atoms with van der Waals surface area (Å²) in [6.07, 6.45) is 0. The second-order valence-electron chi connectivity index (χ2n) is 4.44. The van der Waals surface area contributed by atoms with Crippen LogP contribution in [0, 0.1) is 20.8 Å². The number of thiophene rings is 1. The predicted octanol–water partition coefficient (Wildman–Crippen LogP) is 3.93. The van der Waals surface area contributed by atoms with Crippen molar-refractivity contribution in [2.75, 3.05) is 0 Å². The third kappa shape index (κ3) is 1.42. The van der Waals surface area contributed by atoms with E-state index < -0.39 is 0 Å². The van der Waals surface area contributed by atoms with E-state index in [2.05, 4.69) is 25.3 Å². The quantitative estimate of drug-likeness (QED) is 0.561. The summed E-state index contributed by atoms with van der Waals surface area (Å²) in [4.78, 5) is 11.5. The van der Waals surface area contributed by atoms with Crippen LogP contribution in [0.3, 0.4) is 0 Å². The normalized spacial score (nSPS) is 11.5. The summed E-state index contributed by atoms with van der Waals surface area (Å²) in [5, 5.41) is 4.24. The molecule has 86 valence electrons. The highest BCUT2D eigenvalue weighted by molar-refractivity contribution is 7.17. The van der Waals surface area contributed by atoms with Crippen molar-refractivity contribution in [3.8, 4) is 0 Å². The van der Waals surface area contributed by atoms with Gasteiger partial charge in [-0.15, -0.1) is 11.3 Å². The van der Waals surface area contributed by atoms with Crippen molar-refractivity contribution in [3.05, 3.63) is 44.6 Å². The molecule has 3 aromatic rings. The van der Waals surface area contributed by atoms with Gasteiger partial charge in [-0.3, -0.25) is 0 Å². The van der Waals surface area contributed by atoms with Gasteiger partial charge in [-0.25, -0.2) is 4.79 Å². The third-order valence-electron chi connectivity index (χ3n) is 3.13. The van der Waals surface area contributed by atoms with Crippen molar-refractivity contribution in [1.29, 1.82) is 0 Å². The van der Waals surface area contributed by atoms with E-state index in [0.29, 0.717) is 0 Å². The zero-order valence-corrected chi connectivity index (χ0v) is 10.8. The largest absolute Gasteiger partial charge is 0.422 e. The monoisotopic (exact) mass is 244 g/mol. The average Bonchev–Trinajstić information content (AvgIpc) is 2.64. The van der Waals surface area contributed by atoms with Crippen LogP contribution in [-0.4, -0.2) is 0 Å². The van der Waals surface area contributed by atoms with Gasteiger partial charge in [0.1, 0.15) is 5.58 Å². The van der Waals surface area contributed by atoms with Gasteiger partial charge in [0, 0.05) is 21.5 Å². The fraction of sp³-hybridized carbons (Fsp3) is 0.214. The van der Waals surface area contributed by atoms with Gasteiger partial charge < -0.3 is 4.42 Å². The highest BCUT2D eigenvalue weighted by atomic mass is 32.1. The molecule has 3 heteroatoms. The molecule has 17 heavy (non-hydrogen) atoms. The molecule has 0 amide bonds. The van der Waals surface area contributed by atoms with E-state index in [0.717, 1.165) is 21.9 Å². The maximum absolute atomic E-state index is 11.5. The predicted molar refractivity (Wildman–Crippen MR) is 72.1 cm³/mol. The van der Waals surface area contributed by atoms with Crippen molar-refractivity contribution in [1.82, 2.24) is 0 Å². The van der Waals surface area contributed by atoms with Gasteiger partial charge in [0.25, 0.3) is 0 Å². The Bertz CT molecular complexity index is 793. The standard InChI is InChI=1S/C14H12O2S/c1-7-5-11(15)16-13-10(7)4-8(2)14-12(13)9(3)6-17-14/h4-6H,1-3H3. The minimum absolute atomic E-state index is 0.272. The molecule has 0 aliphatic rings. The zero-order valence-electron chi connectivity index (χ0n) is 9.96. The fourth-order valence-electron chi connectivity index (χ4n) is 2.28. The summed E-state index contributed by atoms with van der Waals surface area (Å²) < 4.78 is 6.61. The van der Waals surface area contributed by atoms with Crippen molar-refractivity contribution in [3.63, 3.8) is 0 Å². The van der Waals surface area contributed by atoms with Crippen molar-refractivity contribution >= 4 is 32.4 Å². The van der Waals surface area contributed by atoms with E-state index in [1.807, 2.05) is 6.92 Å². The number of aryl methyl sites for hydroxylation is 3. The average molecular weight is 244 g/mol. The van der Waals surface area contributed by atoms with Crippen LogP contribution < -0.4 is 5.63 Å². The first-order chi connectivity index (χ1) is 8.08. The lowest BCUT2D eigenvalue weighted by atomic mass is 10.0. The maximum Gasteiger partial charge on any atom is 0.336 e. The molecule has 2 aromatic heterocycles. The molecule has 0 atom stereocenters. The molecule has 0 unspecified atom stereocenters. The first kappa shape index (κ1) is 10.5. The van der Waals surface area contributed by atoms with Gasteiger partial charge >= 0.3 is 5.63 Å². The first-order valence-electron chi connectivity index (χ1n) is 5.50. The van der Waals surface area contributed by atoms with E-state index >= 15 is 0 Å². The molecule has 2 nitrogen and oxygen atoms in total. The Kier molecular flexibility index (Phi) is 2.13. The summed E-state index contributed by atoms with van der Waals surface area (Å²) in [5.41, 5.74) is 3.85. The van der Waals surface area contributed by atoms with Crippen LogP contribution in [0.4, 0.5) is 0 Å². The van der Waals surface area contributed by atoms with Crippen LogP contribution in [0.25, 0.3) is 21.1 Å². The second-order valence-corrected chi connectivity index (χ2v) is 5.32. The molecule has 0 bridgehead atoms. The number of benzene rings is 1. The van der Waals surface area contributed by atoms with E-state index in [1.54, 1.807) is 17.4 Å².